The van der Waals surface area contributed by atoms with E-state index in [-0.39, 0.29) is 11.8 Å². The predicted molar refractivity (Wildman–Crippen MR) is 98.4 cm³/mol. The molecule has 2 heterocycles. The quantitative estimate of drug-likeness (QED) is 0.705. The smallest absolute Gasteiger partial charge is 0.256 e. The molecule has 25 heavy (non-hydrogen) atoms. The zero-order valence-corrected chi connectivity index (χ0v) is 13.9. The summed E-state index contributed by atoms with van der Waals surface area (Å²) >= 11 is 0. The molecule has 2 aromatic carbocycles. The summed E-state index contributed by atoms with van der Waals surface area (Å²) < 4.78 is 5.94. The van der Waals surface area contributed by atoms with Gasteiger partial charge in [0.15, 0.2) is 0 Å². The van der Waals surface area contributed by atoms with E-state index in [0.29, 0.717) is 6.42 Å². The molecule has 0 saturated heterocycles. The van der Waals surface area contributed by atoms with Crippen LogP contribution in [0.25, 0.3) is 11.3 Å². The highest BCUT2D eigenvalue weighted by molar-refractivity contribution is 6.14. The van der Waals surface area contributed by atoms with Crippen molar-refractivity contribution in [2.24, 2.45) is 11.0 Å². The summed E-state index contributed by atoms with van der Waals surface area (Å²) in [7, 11) is 0. The summed E-state index contributed by atoms with van der Waals surface area (Å²) in [5.74, 6) is 1.31. The molecule has 1 atom stereocenters. The van der Waals surface area contributed by atoms with E-state index in [0.717, 1.165) is 28.5 Å². The number of hydrazone groups is 1. The third-order valence-electron chi connectivity index (χ3n) is 4.39. The van der Waals surface area contributed by atoms with Crippen LogP contribution in [0, 0.1) is 5.92 Å². The van der Waals surface area contributed by atoms with Crippen molar-refractivity contribution in [2.75, 3.05) is 5.01 Å². The Morgan fingerprint density at radius 3 is 2.36 bits per heavy atom. The van der Waals surface area contributed by atoms with E-state index in [4.69, 9.17) is 4.42 Å². The van der Waals surface area contributed by atoms with Crippen LogP contribution in [0.1, 0.15) is 12.7 Å². The van der Waals surface area contributed by atoms with Crippen LogP contribution in [0.4, 0.5) is 5.69 Å². The van der Waals surface area contributed by atoms with E-state index in [9.17, 15) is 4.79 Å². The number of hydrogen-bond donors (Lipinski definition) is 0. The molecule has 4 nitrogen and oxygen atoms in total. The van der Waals surface area contributed by atoms with E-state index in [1.54, 1.807) is 0 Å². The molecule has 1 amide bonds. The van der Waals surface area contributed by atoms with E-state index in [1.165, 1.54) is 5.01 Å². The lowest BCUT2D eigenvalue weighted by Gasteiger charge is -2.13. The Morgan fingerprint density at radius 2 is 1.64 bits per heavy atom. The number of amides is 1. The summed E-state index contributed by atoms with van der Waals surface area (Å²) in [4.78, 5) is 12.8. The fourth-order valence-electron chi connectivity index (χ4n) is 3.04. The van der Waals surface area contributed by atoms with Crippen LogP contribution in [-0.2, 0) is 11.2 Å². The lowest BCUT2D eigenvalue weighted by molar-refractivity contribution is -0.119. The fourth-order valence-corrected chi connectivity index (χ4v) is 3.04. The lowest BCUT2D eigenvalue weighted by atomic mass is 9.99. The molecular weight excluding hydrogens is 312 g/mol. The third-order valence-corrected chi connectivity index (χ3v) is 4.39. The molecule has 124 valence electrons. The Morgan fingerprint density at radius 1 is 0.960 bits per heavy atom. The van der Waals surface area contributed by atoms with Crippen molar-refractivity contribution >= 4 is 17.3 Å². The van der Waals surface area contributed by atoms with Crippen LogP contribution >= 0.6 is 0 Å². The van der Waals surface area contributed by atoms with E-state index < -0.39 is 0 Å². The number of benzene rings is 2. The first kappa shape index (κ1) is 15.4. The Bertz CT molecular complexity index is 913. The van der Waals surface area contributed by atoms with Gasteiger partial charge in [-0.25, -0.2) is 5.01 Å². The van der Waals surface area contributed by atoms with Crippen LogP contribution in [0.5, 0.6) is 0 Å². The van der Waals surface area contributed by atoms with Crippen molar-refractivity contribution in [3.8, 4) is 11.3 Å². The molecule has 1 aromatic heterocycles. The number of anilines is 1. The molecule has 0 N–H and O–H groups in total. The first-order valence-electron chi connectivity index (χ1n) is 8.30. The number of hydrogen-bond acceptors (Lipinski definition) is 3. The minimum atomic E-state index is -0.282. The maximum Gasteiger partial charge on any atom is 0.256 e. The molecule has 4 heteroatoms. The van der Waals surface area contributed by atoms with Gasteiger partial charge in [0.1, 0.15) is 11.5 Å². The van der Waals surface area contributed by atoms with Crippen molar-refractivity contribution in [3.63, 3.8) is 0 Å². The second kappa shape index (κ2) is 6.40. The molecule has 0 saturated carbocycles. The van der Waals surface area contributed by atoms with Crippen molar-refractivity contribution in [2.45, 2.75) is 13.3 Å². The molecule has 0 bridgehead atoms. The highest BCUT2D eigenvalue weighted by Gasteiger charge is 2.35. The van der Waals surface area contributed by atoms with Crippen LogP contribution in [0.15, 0.2) is 82.3 Å². The molecule has 3 aromatic rings. The van der Waals surface area contributed by atoms with Gasteiger partial charge in [-0.15, -0.1) is 0 Å². The molecule has 1 unspecified atom stereocenters. The number of carbonyl (C=O) groups is 1. The number of para-hydroxylation sites is 1. The summed E-state index contributed by atoms with van der Waals surface area (Å²) in [6, 6.07) is 23.3. The Hall–Kier alpha value is -3.14. The van der Waals surface area contributed by atoms with Gasteiger partial charge in [0.25, 0.3) is 5.91 Å². The van der Waals surface area contributed by atoms with Gasteiger partial charge in [-0.2, -0.15) is 5.10 Å². The van der Waals surface area contributed by atoms with Gasteiger partial charge in [-0.1, -0.05) is 48.5 Å². The second-order valence-corrected chi connectivity index (χ2v) is 6.12. The first-order valence-corrected chi connectivity index (χ1v) is 8.30. The molecule has 1 aliphatic heterocycles. The normalized spacial score (nSPS) is 17.0. The van der Waals surface area contributed by atoms with Gasteiger partial charge in [0.2, 0.25) is 0 Å². The van der Waals surface area contributed by atoms with E-state index >= 15 is 0 Å². The number of nitrogens with zero attached hydrogens (tertiary/aromatic N) is 2. The highest BCUT2D eigenvalue weighted by atomic mass is 16.3. The Balaban J connectivity index is 1.53. The second-order valence-electron chi connectivity index (χ2n) is 6.12. The van der Waals surface area contributed by atoms with Gasteiger partial charge in [0.05, 0.1) is 11.6 Å². The van der Waals surface area contributed by atoms with E-state index in [2.05, 4.69) is 5.10 Å². The summed E-state index contributed by atoms with van der Waals surface area (Å²) in [5.41, 5.74) is 2.63. The van der Waals surface area contributed by atoms with Crippen LogP contribution in [-0.4, -0.2) is 11.6 Å². The zero-order chi connectivity index (χ0) is 17.2. The topological polar surface area (TPSA) is 45.8 Å². The summed E-state index contributed by atoms with van der Waals surface area (Å²) in [6.45, 7) is 1.90. The van der Waals surface area contributed by atoms with Crippen molar-refractivity contribution in [1.29, 1.82) is 0 Å². The standard InChI is InChI=1S/C21H18N2O2/c1-15-19(21(24)23(22-15)17-10-6-3-7-11-17)14-18-12-13-20(25-18)16-8-4-2-5-9-16/h2-13,19H,14H2,1H3. The Kier molecular flexibility index (Phi) is 3.94. The van der Waals surface area contributed by atoms with Gasteiger partial charge in [0, 0.05) is 17.7 Å². The summed E-state index contributed by atoms with van der Waals surface area (Å²) in [5, 5.41) is 5.93. The fraction of sp³-hybridized carbons (Fsp3) is 0.143. The molecule has 1 aliphatic rings. The van der Waals surface area contributed by atoms with Crippen LogP contribution in [0.2, 0.25) is 0 Å². The number of carbonyl (C=O) groups excluding carboxylic acids is 1. The monoisotopic (exact) mass is 330 g/mol. The maximum absolute atomic E-state index is 12.8. The molecule has 4 rings (SSSR count). The third kappa shape index (κ3) is 2.98. The minimum absolute atomic E-state index is 0.0126. The minimum Gasteiger partial charge on any atom is -0.461 e. The highest BCUT2D eigenvalue weighted by Crippen LogP contribution is 2.28. The molecular formula is C21H18N2O2. The molecule has 0 radical (unpaired) electrons. The average molecular weight is 330 g/mol. The van der Waals surface area contributed by atoms with Gasteiger partial charge >= 0.3 is 0 Å². The summed E-state index contributed by atoms with van der Waals surface area (Å²) in [6.07, 6.45) is 0.518. The average Bonchev–Trinajstić information content (AvgIpc) is 3.23. The zero-order valence-electron chi connectivity index (χ0n) is 13.9. The number of rotatable bonds is 4. The van der Waals surface area contributed by atoms with Crippen LogP contribution < -0.4 is 5.01 Å². The number of furan rings is 1. The SMILES string of the molecule is CC1=NN(c2ccccc2)C(=O)C1Cc1ccc(-c2ccccc2)o1. The van der Waals surface area contributed by atoms with Crippen molar-refractivity contribution in [1.82, 2.24) is 0 Å². The van der Waals surface area contributed by atoms with Gasteiger partial charge in [-0.3, -0.25) is 4.79 Å². The van der Waals surface area contributed by atoms with Crippen LogP contribution in [0.3, 0.4) is 0 Å². The Labute approximate surface area is 146 Å². The lowest BCUT2D eigenvalue weighted by Crippen LogP contribution is -2.28. The van der Waals surface area contributed by atoms with Crippen molar-refractivity contribution < 1.29 is 9.21 Å². The van der Waals surface area contributed by atoms with E-state index in [1.807, 2.05) is 79.7 Å². The molecule has 0 fully saturated rings. The largest absolute Gasteiger partial charge is 0.461 e. The van der Waals surface area contributed by atoms with Gasteiger partial charge < -0.3 is 4.42 Å². The van der Waals surface area contributed by atoms with Gasteiger partial charge in [-0.05, 0) is 31.2 Å². The maximum atomic E-state index is 12.8. The molecule has 0 spiro atoms. The molecule has 0 aliphatic carbocycles. The first-order chi connectivity index (χ1) is 12.2. The van der Waals surface area contributed by atoms with Crippen molar-refractivity contribution in [3.05, 3.63) is 78.6 Å². The predicted octanol–water partition coefficient (Wildman–Crippen LogP) is 4.53.